The predicted molar refractivity (Wildman–Crippen MR) is 138 cm³/mol. The van der Waals surface area contributed by atoms with Crippen molar-refractivity contribution in [2.45, 2.75) is 13.0 Å². The molecule has 5 N–H and O–H groups in total. The average molecular weight is 489 g/mol. The van der Waals surface area contributed by atoms with E-state index in [0.29, 0.717) is 22.0 Å². The molecule has 8 nitrogen and oxygen atoms in total. The minimum Gasteiger partial charge on any atom is -0.481 e. The molecule has 2 amide bonds. The molecule has 0 radical (unpaired) electrons. The summed E-state index contributed by atoms with van der Waals surface area (Å²) in [6.45, 7) is 1.40. The molecule has 4 rings (SSSR count). The first-order valence-corrected chi connectivity index (χ1v) is 11.6. The van der Waals surface area contributed by atoms with Crippen molar-refractivity contribution in [2.75, 3.05) is 17.2 Å². The van der Waals surface area contributed by atoms with Crippen molar-refractivity contribution in [3.8, 4) is 5.75 Å². The molecule has 9 heteroatoms. The smallest absolute Gasteiger partial charge is 0.411 e. The third-order valence-electron chi connectivity index (χ3n) is 5.04. The number of ether oxygens (including phenoxy) is 2. The van der Waals surface area contributed by atoms with Gasteiger partial charge < -0.3 is 20.5 Å². The first-order valence-electron chi connectivity index (χ1n) is 10.8. The van der Waals surface area contributed by atoms with E-state index in [4.69, 9.17) is 20.6 Å². The van der Waals surface area contributed by atoms with Crippen LogP contribution in [0, 0.1) is 5.41 Å². The highest BCUT2D eigenvalue weighted by Gasteiger charge is 2.19. The van der Waals surface area contributed by atoms with Crippen LogP contribution in [0.15, 0.2) is 78.9 Å². The number of nitrogens with one attached hydrogen (secondary N) is 3. The molecule has 0 aliphatic carbocycles. The molecule has 0 aliphatic heterocycles. The van der Waals surface area contributed by atoms with Gasteiger partial charge in [-0.1, -0.05) is 36.4 Å². The van der Waals surface area contributed by atoms with E-state index in [9.17, 15) is 9.59 Å². The number of rotatable bonds is 8. The Morgan fingerprint density at radius 2 is 1.66 bits per heavy atom. The number of nitrogen functional groups attached to an aromatic ring is 1. The summed E-state index contributed by atoms with van der Waals surface area (Å²) >= 11 is 1.42. The Bertz CT molecular complexity index is 1350. The van der Waals surface area contributed by atoms with E-state index in [2.05, 4.69) is 10.6 Å². The molecule has 0 aliphatic rings. The standard InChI is InChI=1S/C26H24N4O4S/c1-16(31)29-18-10-12-19(13-11-18)30-26(32)33-15-22(17-6-3-2-4-7-17)34-21-8-5-9-23-20(21)14-24(35-23)25(27)28/h2-14,22H,15H2,1H3,(H3,27,28)(H,29,31)(H,30,32). The second-order valence-corrected chi connectivity index (χ2v) is 8.78. The fourth-order valence-electron chi connectivity index (χ4n) is 3.43. The van der Waals surface area contributed by atoms with Crippen molar-refractivity contribution in [3.63, 3.8) is 0 Å². The van der Waals surface area contributed by atoms with Gasteiger partial charge in [-0.15, -0.1) is 11.3 Å². The zero-order valence-corrected chi connectivity index (χ0v) is 19.7. The second-order valence-electron chi connectivity index (χ2n) is 7.69. The Hall–Kier alpha value is -4.37. The van der Waals surface area contributed by atoms with Crippen molar-refractivity contribution in [1.82, 2.24) is 0 Å². The minimum absolute atomic E-state index is 0.00173. The first-order chi connectivity index (χ1) is 16.9. The summed E-state index contributed by atoms with van der Waals surface area (Å²) in [5, 5.41) is 13.9. The lowest BCUT2D eigenvalue weighted by molar-refractivity contribution is -0.114. The molecule has 1 heterocycles. The van der Waals surface area contributed by atoms with Crippen molar-refractivity contribution in [1.29, 1.82) is 5.41 Å². The van der Waals surface area contributed by atoms with Crippen molar-refractivity contribution in [3.05, 3.63) is 89.3 Å². The molecule has 0 fully saturated rings. The van der Waals surface area contributed by atoms with Crippen LogP contribution in [0.25, 0.3) is 10.1 Å². The minimum atomic E-state index is -0.630. The molecule has 0 saturated heterocycles. The van der Waals surface area contributed by atoms with Gasteiger partial charge in [0, 0.05) is 28.4 Å². The van der Waals surface area contributed by atoms with Crippen LogP contribution in [0.1, 0.15) is 23.5 Å². The highest BCUT2D eigenvalue weighted by atomic mass is 32.1. The summed E-state index contributed by atoms with van der Waals surface area (Å²) in [6, 6.07) is 23.7. The van der Waals surface area contributed by atoms with Crippen LogP contribution in [0.4, 0.5) is 16.2 Å². The van der Waals surface area contributed by atoms with Crippen molar-refractivity contribution in [2.24, 2.45) is 5.73 Å². The van der Waals surface area contributed by atoms with Crippen LogP contribution in [0.3, 0.4) is 0 Å². The van der Waals surface area contributed by atoms with E-state index in [1.54, 1.807) is 24.3 Å². The van der Waals surface area contributed by atoms with E-state index in [0.717, 1.165) is 15.6 Å². The van der Waals surface area contributed by atoms with Crippen LogP contribution < -0.4 is 21.1 Å². The molecular formula is C26H24N4O4S. The number of hydrogen-bond acceptors (Lipinski definition) is 6. The monoisotopic (exact) mass is 488 g/mol. The van der Waals surface area contributed by atoms with Gasteiger partial charge in [0.05, 0.1) is 4.88 Å². The zero-order valence-electron chi connectivity index (χ0n) is 18.9. The largest absolute Gasteiger partial charge is 0.481 e. The normalized spacial score (nSPS) is 11.5. The highest BCUT2D eigenvalue weighted by Crippen LogP contribution is 2.35. The van der Waals surface area contributed by atoms with Crippen molar-refractivity contribution >= 4 is 50.6 Å². The lowest BCUT2D eigenvalue weighted by atomic mass is 10.1. The number of anilines is 2. The summed E-state index contributed by atoms with van der Waals surface area (Å²) in [6.07, 6.45) is -1.19. The van der Waals surface area contributed by atoms with E-state index in [1.807, 2.05) is 54.6 Å². The fourth-order valence-corrected chi connectivity index (χ4v) is 4.37. The Morgan fingerprint density at radius 1 is 0.971 bits per heavy atom. The van der Waals surface area contributed by atoms with Gasteiger partial charge in [-0.3, -0.25) is 15.5 Å². The molecule has 4 aromatic rings. The van der Waals surface area contributed by atoms with Crippen LogP contribution >= 0.6 is 11.3 Å². The predicted octanol–water partition coefficient (Wildman–Crippen LogP) is 5.51. The van der Waals surface area contributed by atoms with E-state index in [1.165, 1.54) is 18.3 Å². The quantitative estimate of drug-likeness (QED) is 0.192. The molecule has 1 aromatic heterocycles. The summed E-state index contributed by atoms with van der Waals surface area (Å²) in [4.78, 5) is 24.3. The maximum Gasteiger partial charge on any atom is 0.411 e. The molecule has 0 saturated carbocycles. The maximum absolute atomic E-state index is 12.5. The van der Waals surface area contributed by atoms with E-state index >= 15 is 0 Å². The first kappa shape index (κ1) is 23.8. The number of fused-ring (bicyclic) bond motifs is 1. The molecule has 3 aromatic carbocycles. The number of carbonyl (C=O) groups excluding carboxylic acids is 2. The number of nitrogens with two attached hydrogens (primary N) is 1. The van der Waals surface area contributed by atoms with Crippen LogP contribution in [0.2, 0.25) is 0 Å². The molecular weight excluding hydrogens is 464 g/mol. The number of carbonyl (C=O) groups is 2. The van der Waals surface area contributed by atoms with Gasteiger partial charge in [-0.25, -0.2) is 4.79 Å². The fraction of sp³-hybridized carbons (Fsp3) is 0.115. The summed E-state index contributed by atoms with van der Waals surface area (Å²) in [5.41, 5.74) is 7.67. The second kappa shape index (κ2) is 10.7. The molecule has 35 heavy (non-hydrogen) atoms. The van der Waals surface area contributed by atoms with Gasteiger partial charge in [0.1, 0.15) is 18.2 Å². The summed E-state index contributed by atoms with van der Waals surface area (Å²) in [7, 11) is 0. The summed E-state index contributed by atoms with van der Waals surface area (Å²) in [5.74, 6) is 0.437. The number of hydrogen-bond donors (Lipinski definition) is 4. The molecule has 178 valence electrons. The van der Waals surface area contributed by atoms with Gasteiger partial charge in [-0.2, -0.15) is 0 Å². The maximum atomic E-state index is 12.5. The topological polar surface area (TPSA) is 127 Å². The van der Waals surface area contributed by atoms with Gasteiger partial charge >= 0.3 is 6.09 Å². The van der Waals surface area contributed by atoms with Crippen LogP contribution in [-0.4, -0.2) is 24.4 Å². The number of amides is 2. The highest BCUT2D eigenvalue weighted by molar-refractivity contribution is 7.20. The number of amidine groups is 1. The molecule has 1 unspecified atom stereocenters. The molecule has 0 bridgehead atoms. The summed E-state index contributed by atoms with van der Waals surface area (Å²) < 4.78 is 12.7. The Kier molecular flexibility index (Phi) is 7.27. The Morgan fingerprint density at radius 3 is 2.31 bits per heavy atom. The van der Waals surface area contributed by atoms with Gasteiger partial charge in [0.15, 0.2) is 6.10 Å². The third-order valence-corrected chi connectivity index (χ3v) is 6.18. The van der Waals surface area contributed by atoms with Crippen LogP contribution in [-0.2, 0) is 9.53 Å². The van der Waals surface area contributed by atoms with Crippen LogP contribution in [0.5, 0.6) is 5.75 Å². The lowest BCUT2D eigenvalue weighted by Crippen LogP contribution is -2.21. The average Bonchev–Trinajstić information content (AvgIpc) is 3.29. The SMILES string of the molecule is CC(=O)Nc1ccc(NC(=O)OCC(Oc2cccc3sc(C(=N)N)cc23)c2ccccc2)cc1. The lowest BCUT2D eigenvalue weighted by Gasteiger charge is -2.20. The van der Waals surface area contributed by atoms with E-state index < -0.39 is 12.2 Å². The molecule has 0 spiro atoms. The Balaban J connectivity index is 1.47. The van der Waals surface area contributed by atoms with Gasteiger partial charge in [0.25, 0.3) is 0 Å². The zero-order chi connectivity index (χ0) is 24.8. The van der Waals surface area contributed by atoms with E-state index in [-0.39, 0.29) is 18.3 Å². The number of benzene rings is 3. The Labute approximate surface area is 206 Å². The molecule has 1 atom stereocenters. The number of thiophene rings is 1. The van der Waals surface area contributed by atoms with Crippen molar-refractivity contribution < 1.29 is 19.1 Å². The van der Waals surface area contributed by atoms with Gasteiger partial charge in [0.2, 0.25) is 5.91 Å². The third kappa shape index (κ3) is 6.15. The van der Waals surface area contributed by atoms with Gasteiger partial charge in [-0.05, 0) is 48.0 Å².